The van der Waals surface area contributed by atoms with Crippen molar-refractivity contribution >= 4 is 32.6 Å². The Morgan fingerprint density at radius 3 is 2.69 bits per heavy atom. The number of para-hydroxylation sites is 1. The minimum Gasteiger partial charge on any atom is -0.494 e. The summed E-state index contributed by atoms with van der Waals surface area (Å²) in [6.45, 7) is -0.412. The molecule has 2 aromatic carbocycles. The maximum Gasteiger partial charge on any atom is 0.263 e. The van der Waals surface area contributed by atoms with Gasteiger partial charge in [0.15, 0.2) is 5.13 Å². The largest absolute Gasteiger partial charge is 0.494 e. The van der Waals surface area contributed by atoms with Crippen molar-refractivity contribution in [3.05, 3.63) is 47.5 Å². The Labute approximate surface area is 151 Å². The van der Waals surface area contributed by atoms with Crippen molar-refractivity contribution in [3.63, 3.8) is 0 Å². The van der Waals surface area contributed by atoms with E-state index in [4.69, 9.17) is 14.6 Å². The highest BCUT2D eigenvalue weighted by atomic mass is 32.1. The molecule has 1 aromatic heterocycles. The number of aromatic nitrogens is 1. The number of benzene rings is 2. The molecule has 1 amide bonds. The molecular formula is C17H14F2N2O4S. The van der Waals surface area contributed by atoms with Crippen LogP contribution < -0.4 is 14.8 Å². The Bertz CT molecular complexity index is 938. The van der Waals surface area contributed by atoms with Gasteiger partial charge < -0.3 is 14.6 Å². The van der Waals surface area contributed by atoms with E-state index in [0.29, 0.717) is 11.3 Å². The highest BCUT2D eigenvalue weighted by Gasteiger charge is 2.21. The zero-order chi connectivity index (χ0) is 18.7. The molecule has 3 rings (SSSR count). The topological polar surface area (TPSA) is 80.7 Å². The lowest BCUT2D eigenvalue weighted by atomic mass is 10.1. The van der Waals surface area contributed by atoms with Crippen LogP contribution in [0, 0.1) is 11.6 Å². The number of aliphatic hydroxyl groups is 1. The molecule has 0 aliphatic carbocycles. The van der Waals surface area contributed by atoms with E-state index >= 15 is 0 Å². The monoisotopic (exact) mass is 380 g/mol. The number of hydrogen-bond acceptors (Lipinski definition) is 6. The molecule has 0 unspecified atom stereocenters. The van der Waals surface area contributed by atoms with Crippen LogP contribution in [0.1, 0.15) is 10.4 Å². The second-order valence-corrected chi connectivity index (χ2v) is 6.14. The van der Waals surface area contributed by atoms with Gasteiger partial charge in [0.1, 0.15) is 40.8 Å². The van der Waals surface area contributed by atoms with Gasteiger partial charge in [0.2, 0.25) is 0 Å². The standard InChI is InChI=1S/C17H14F2N2O4S/c1-24-12-3-2-4-13-15(12)20-17(26-13)21-16(23)14-10(18)7-9(8-11(14)19)25-6-5-22/h2-4,7-8,22H,5-6H2,1H3,(H,20,21,23). The molecule has 0 saturated heterocycles. The van der Waals surface area contributed by atoms with E-state index in [1.165, 1.54) is 7.11 Å². The van der Waals surface area contributed by atoms with Gasteiger partial charge >= 0.3 is 0 Å². The quantitative estimate of drug-likeness (QED) is 0.686. The minimum atomic E-state index is -1.07. The fourth-order valence-electron chi connectivity index (χ4n) is 2.31. The van der Waals surface area contributed by atoms with Gasteiger partial charge in [0.25, 0.3) is 5.91 Å². The zero-order valence-corrected chi connectivity index (χ0v) is 14.4. The number of carbonyl (C=O) groups excluding carboxylic acids is 1. The van der Waals surface area contributed by atoms with Gasteiger partial charge in [-0.2, -0.15) is 0 Å². The third-order valence-corrected chi connectivity index (χ3v) is 4.36. The molecule has 0 aliphatic rings. The summed E-state index contributed by atoms with van der Waals surface area (Å²) in [4.78, 5) is 16.5. The summed E-state index contributed by atoms with van der Waals surface area (Å²) in [6, 6.07) is 7.05. The molecule has 2 N–H and O–H groups in total. The molecule has 0 bridgehead atoms. The fourth-order valence-corrected chi connectivity index (χ4v) is 3.19. The number of nitrogens with one attached hydrogen (secondary N) is 1. The lowest BCUT2D eigenvalue weighted by Crippen LogP contribution is -2.16. The summed E-state index contributed by atoms with van der Waals surface area (Å²) in [7, 11) is 1.50. The number of nitrogens with zero attached hydrogens (tertiary/aromatic N) is 1. The van der Waals surface area contributed by atoms with E-state index < -0.39 is 23.1 Å². The summed E-state index contributed by atoms with van der Waals surface area (Å²) in [5.41, 5.74) is -0.198. The molecule has 0 atom stereocenters. The van der Waals surface area contributed by atoms with Gasteiger partial charge in [-0.05, 0) is 12.1 Å². The number of ether oxygens (including phenoxy) is 2. The van der Waals surface area contributed by atoms with Crippen molar-refractivity contribution in [2.75, 3.05) is 25.6 Å². The van der Waals surface area contributed by atoms with Gasteiger partial charge in [-0.15, -0.1) is 0 Å². The number of methoxy groups -OCH3 is 1. The van der Waals surface area contributed by atoms with E-state index in [1.54, 1.807) is 18.2 Å². The van der Waals surface area contributed by atoms with E-state index in [0.717, 1.165) is 28.2 Å². The van der Waals surface area contributed by atoms with Crippen molar-refractivity contribution in [1.29, 1.82) is 0 Å². The first-order valence-electron chi connectivity index (χ1n) is 7.51. The van der Waals surface area contributed by atoms with Crippen molar-refractivity contribution < 1.29 is 28.2 Å². The number of carbonyl (C=O) groups is 1. The molecule has 26 heavy (non-hydrogen) atoms. The van der Waals surface area contributed by atoms with Crippen molar-refractivity contribution in [2.45, 2.75) is 0 Å². The van der Waals surface area contributed by atoms with Crippen LogP contribution in [0.25, 0.3) is 10.2 Å². The maximum absolute atomic E-state index is 14.1. The predicted molar refractivity (Wildman–Crippen MR) is 93.1 cm³/mol. The van der Waals surface area contributed by atoms with Crippen LogP contribution >= 0.6 is 11.3 Å². The second-order valence-electron chi connectivity index (χ2n) is 5.11. The molecule has 9 heteroatoms. The maximum atomic E-state index is 14.1. The van der Waals surface area contributed by atoms with Crippen LogP contribution in [-0.4, -0.2) is 36.3 Å². The fraction of sp³-hybridized carbons (Fsp3) is 0.176. The van der Waals surface area contributed by atoms with Crippen LogP contribution in [0.4, 0.5) is 13.9 Å². The Kier molecular flexibility index (Phi) is 5.29. The van der Waals surface area contributed by atoms with E-state index in [1.807, 2.05) is 0 Å². The van der Waals surface area contributed by atoms with E-state index in [-0.39, 0.29) is 24.1 Å². The summed E-state index contributed by atoms with van der Waals surface area (Å²) in [6.07, 6.45) is 0. The summed E-state index contributed by atoms with van der Waals surface area (Å²) in [5.74, 6) is -2.70. The number of amides is 1. The van der Waals surface area contributed by atoms with Gasteiger partial charge in [0.05, 0.1) is 18.4 Å². The number of thiazole rings is 1. The average Bonchev–Trinajstić information content (AvgIpc) is 3.01. The highest BCUT2D eigenvalue weighted by molar-refractivity contribution is 7.22. The van der Waals surface area contributed by atoms with Crippen molar-refractivity contribution in [3.8, 4) is 11.5 Å². The Balaban J connectivity index is 1.86. The number of halogens is 2. The van der Waals surface area contributed by atoms with Crippen LogP contribution in [0.3, 0.4) is 0 Å². The smallest absolute Gasteiger partial charge is 0.263 e. The Morgan fingerprint density at radius 2 is 2.04 bits per heavy atom. The average molecular weight is 380 g/mol. The first-order chi connectivity index (χ1) is 12.5. The lowest BCUT2D eigenvalue weighted by Gasteiger charge is -2.08. The third-order valence-electron chi connectivity index (χ3n) is 3.43. The van der Waals surface area contributed by atoms with Gasteiger partial charge in [-0.3, -0.25) is 10.1 Å². The minimum absolute atomic E-state index is 0.113. The summed E-state index contributed by atoms with van der Waals surface area (Å²) in [5, 5.41) is 11.3. The van der Waals surface area contributed by atoms with Crippen LogP contribution in [0.2, 0.25) is 0 Å². The van der Waals surface area contributed by atoms with Crippen LogP contribution in [0.15, 0.2) is 30.3 Å². The first kappa shape index (κ1) is 18.0. The summed E-state index contributed by atoms with van der Waals surface area (Å²) < 4.78 is 39.2. The number of hydrogen-bond donors (Lipinski definition) is 2. The van der Waals surface area contributed by atoms with E-state index in [9.17, 15) is 13.6 Å². The van der Waals surface area contributed by atoms with Crippen molar-refractivity contribution in [2.24, 2.45) is 0 Å². The molecule has 0 aliphatic heterocycles. The number of rotatable bonds is 6. The van der Waals surface area contributed by atoms with Crippen molar-refractivity contribution in [1.82, 2.24) is 4.98 Å². The Hall–Kier alpha value is -2.78. The molecule has 1 heterocycles. The first-order valence-corrected chi connectivity index (χ1v) is 8.32. The highest BCUT2D eigenvalue weighted by Crippen LogP contribution is 2.32. The number of aliphatic hydroxyl groups excluding tert-OH is 1. The number of fused-ring (bicyclic) bond motifs is 1. The molecule has 3 aromatic rings. The SMILES string of the molecule is COc1cccc2sc(NC(=O)c3c(F)cc(OCCO)cc3F)nc12. The number of anilines is 1. The van der Waals surface area contributed by atoms with Crippen LogP contribution in [-0.2, 0) is 0 Å². The third kappa shape index (κ3) is 3.58. The molecular weight excluding hydrogens is 366 g/mol. The molecule has 136 valence electrons. The predicted octanol–water partition coefficient (Wildman–Crippen LogP) is 3.21. The normalized spacial score (nSPS) is 10.8. The van der Waals surface area contributed by atoms with Crippen LogP contribution in [0.5, 0.6) is 11.5 Å². The molecule has 0 saturated carbocycles. The molecule has 0 fully saturated rings. The molecule has 0 spiro atoms. The van der Waals surface area contributed by atoms with Gasteiger partial charge in [-0.1, -0.05) is 17.4 Å². The second kappa shape index (κ2) is 7.63. The summed E-state index contributed by atoms with van der Waals surface area (Å²) >= 11 is 1.16. The molecule has 6 nitrogen and oxygen atoms in total. The molecule has 0 radical (unpaired) electrons. The van der Waals surface area contributed by atoms with E-state index in [2.05, 4.69) is 10.3 Å². The zero-order valence-electron chi connectivity index (χ0n) is 13.6. The lowest BCUT2D eigenvalue weighted by molar-refractivity contribution is 0.101. The van der Waals surface area contributed by atoms with Gasteiger partial charge in [0, 0.05) is 12.1 Å². The Morgan fingerprint density at radius 1 is 1.31 bits per heavy atom. The van der Waals surface area contributed by atoms with Gasteiger partial charge in [-0.25, -0.2) is 13.8 Å².